The van der Waals surface area contributed by atoms with Crippen molar-refractivity contribution in [3.63, 3.8) is 0 Å². The molecule has 8 aliphatic rings. The number of hydrogen-bond donors (Lipinski definition) is 7. The SMILES string of the molecule is CO[C@H]1C[C@H](O[C@H]2[C@H](C)O[C@@H](O[C@H]3[C@@H](O)C[C@H](O[C@H]4[C@@H](O)C[C@H](O[C@H]5CC[C@@]6(C)C(=CC[C@]7(O)[C@@H]6C[C@@H](O)[C@@]6(C)[C@@]7(O)CC[C@@]6(O)C(C)=O)C5)O[C@@H]4C)O[C@@H]3C)C[C@H]2OC)O[C@H](C)[C@H]1O. The van der Waals surface area contributed by atoms with Crippen molar-refractivity contribution in [3.05, 3.63) is 11.6 Å². The first-order valence-electron chi connectivity index (χ1n) is 23.9. The van der Waals surface area contributed by atoms with Crippen LogP contribution in [0.1, 0.15) is 119 Å². The number of hydrogen-bond acceptors (Lipinski definition) is 18. The summed E-state index contributed by atoms with van der Waals surface area (Å²) in [5.74, 6) is -1.05. The molecule has 7 N–H and O–H groups in total. The highest BCUT2D eigenvalue weighted by Gasteiger charge is 2.80. The molecule has 4 saturated heterocycles. The first kappa shape index (κ1) is 50.1. The highest BCUT2D eigenvalue weighted by Crippen LogP contribution is 2.70. The van der Waals surface area contributed by atoms with Crippen molar-refractivity contribution in [2.75, 3.05) is 14.2 Å². The lowest BCUT2D eigenvalue weighted by atomic mass is 9.42. The molecule has 4 aliphatic carbocycles. The maximum Gasteiger partial charge on any atom is 0.162 e. The largest absolute Gasteiger partial charge is 0.392 e. The summed E-state index contributed by atoms with van der Waals surface area (Å²) in [7, 11) is 3.14. The quantitative estimate of drug-likeness (QED) is 0.146. The number of carbonyl (C=O) groups is 1. The molecule has 18 nitrogen and oxygen atoms in total. The summed E-state index contributed by atoms with van der Waals surface area (Å²) in [6, 6.07) is 0. The number of ketones is 1. The van der Waals surface area contributed by atoms with Crippen molar-refractivity contribution >= 4 is 5.78 Å². The van der Waals surface area contributed by atoms with Crippen molar-refractivity contribution in [3.8, 4) is 0 Å². The normalized spacial score (nSPS) is 54.8. The van der Waals surface area contributed by atoms with Gasteiger partial charge in [-0.2, -0.15) is 0 Å². The molecule has 65 heavy (non-hydrogen) atoms. The summed E-state index contributed by atoms with van der Waals surface area (Å²) in [6.45, 7) is 12.1. The van der Waals surface area contributed by atoms with Crippen molar-refractivity contribution in [1.82, 2.24) is 0 Å². The van der Waals surface area contributed by atoms with Gasteiger partial charge in [0.1, 0.15) is 41.2 Å². The molecule has 0 unspecified atom stereocenters. The van der Waals surface area contributed by atoms with Crippen molar-refractivity contribution in [2.24, 2.45) is 16.7 Å². The molecule has 0 aromatic rings. The van der Waals surface area contributed by atoms with Gasteiger partial charge in [0.25, 0.3) is 0 Å². The highest BCUT2D eigenvalue weighted by atomic mass is 16.8. The predicted molar refractivity (Wildman–Crippen MR) is 227 cm³/mol. The number of rotatable bonds is 11. The van der Waals surface area contributed by atoms with E-state index in [9.17, 15) is 40.5 Å². The van der Waals surface area contributed by atoms with Gasteiger partial charge in [-0.1, -0.05) is 25.5 Å². The molecule has 8 rings (SSSR count). The van der Waals surface area contributed by atoms with E-state index < -0.39 is 144 Å². The van der Waals surface area contributed by atoms with Crippen LogP contribution in [-0.4, -0.2) is 183 Å². The third-order valence-electron chi connectivity index (χ3n) is 17.6. The number of aliphatic hydroxyl groups excluding tert-OH is 4. The van der Waals surface area contributed by atoms with Gasteiger partial charge in [-0.05, 0) is 85.0 Å². The summed E-state index contributed by atoms with van der Waals surface area (Å²) in [5.41, 5.74) is -6.67. The van der Waals surface area contributed by atoms with Crippen LogP contribution in [0, 0.1) is 16.7 Å². The van der Waals surface area contributed by atoms with Crippen LogP contribution in [0.25, 0.3) is 0 Å². The third-order valence-corrected chi connectivity index (χ3v) is 17.6. The Morgan fingerprint density at radius 3 is 1.72 bits per heavy atom. The lowest BCUT2D eigenvalue weighted by Crippen LogP contribution is -2.78. The zero-order valence-corrected chi connectivity index (χ0v) is 39.4. The Balaban J connectivity index is 0.823. The summed E-state index contributed by atoms with van der Waals surface area (Å²) in [5, 5.41) is 81.2. The van der Waals surface area contributed by atoms with E-state index in [1.54, 1.807) is 41.9 Å². The van der Waals surface area contributed by atoms with E-state index in [1.807, 2.05) is 13.0 Å². The first-order valence-corrected chi connectivity index (χ1v) is 23.9. The smallest absolute Gasteiger partial charge is 0.162 e. The monoisotopic (exact) mass is 929 g/mol. The second-order valence-corrected chi connectivity index (χ2v) is 21.1. The number of Topliss-reactive ketones (excluding diaryl/α,β-unsaturated/α-hetero) is 1. The molecule has 4 aliphatic heterocycles. The average molecular weight is 929 g/mol. The van der Waals surface area contributed by atoms with Crippen LogP contribution in [0.4, 0.5) is 0 Å². The molecule has 4 heterocycles. The molecule has 7 fully saturated rings. The van der Waals surface area contributed by atoms with Crippen LogP contribution in [0.3, 0.4) is 0 Å². The summed E-state index contributed by atoms with van der Waals surface area (Å²) in [6.07, 6.45) is -7.35. The summed E-state index contributed by atoms with van der Waals surface area (Å²) in [4.78, 5) is 12.8. The molecule has 24 atom stereocenters. The zero-order chi connectivity index (χ0) is 47.2. The van der Waals surface area contributed by atoms with Crippen LogP contribution in [0.15, 0.2) is 11.6 Å². The second kappa shape index (κ2) is 18.5. The van der Waals surface area contributed by atoms with Crippen molar-refractivity contribution in [2.45, 2.75) is 247 Å². The van der Waals surface area contributed by atoms with E-state index in [1.165, 1.54) is 6.92 Å². The van der Waals surface area contributed by atoms with E-state index in [4.69, 9.17) is 47.4 Å². The molecule has 0 spiro atoms. The Labute approximate surface area is 382 Å². The molecule has 0 aromatic carbocycles. The van der Waals surface area contributed by atoms with Crippen LogP contribution < -0.4 is 0 Å². The van der Waals surface area contributed by atoms with Crippen LogP contribution in [0.2, 0.25) is 0 Å². The van der Waals surface area contributed by atoms with Gasteiger partial charge in [-0.15, -0.1) is 0 Å². The summed E-state index contributed by atoms with van der Waals surface area (Å²) < 4.78 is 61.3. The van der Waals surface area contributed by atoms with Crippen LogP contribution in [0.5, 0.6) is 0 Å². The Hall–Kier alpha value is -1.27. The molecule has 0 radical (unpaired) electrons. The number of ether oxygens (including phenoxy) is 10. The van der Waals surface area contributed by atoms with E-state index in [0.29, 0.717) is 32.1 Å². The number of carbonyl (C=O) groups excluding carboxylic acids is 1. The molecule has 0 aromatic heterocycles. The maximum atomic E-state index is 12.8. The number of fused-ring (bicyclic) bond motifs is 5. The molecular formula is C47H76O18. The molecule has 3 saturated carbocycles. The second-order valence-electron chi connectivity index (χ2n) is 21.1. The van der Waals surface area contributed by atoms with Gasteiger partial charge in [0.2, 0.25) is 0 Å². The summed E-state index contributed by atoms with van der Waals surface area (Å²) >= 11 is 0. The van der Waals surface area contributed by atoms with Crippen LogP contribution in [-0.2, 0) is 52.2 Å². The van der Waals surface area contributed by atoms with Crippen molar-refractivity contribution < 1.29 is 87.9 Å². The maximum absolute atomic E-state index is 12.8. The Kier molecular flexibility index (Phi) is 14.3. The Morgan fingerprint density at radius 1 is 0.662 bits per heavy atom. The minimum atomic E-state index is -1.96. The van der Waals surface area contributed by atoms with Gasteiger partial charge >= 0.3 is 0 Å². The van der Waals surface area contributed by atoms with E-state index >= 15 is 0 Å². The third kappa shape index (κ3) is 8.32. The minimum Gasteiger partial charge on any atom is -0.392 e. The van der Waals surface area contributed by atoms with Gasteiger partial charge in [0.05, 0.1) is 66.5 Å². The van der Waals surface area contributed by atoms with E-state index in [2.05, 4.69) is 6.92 Å². The number of methoxy groups -OCH3 is 2. The van der Waals surface area contributed by atoms with Gasteiger partial charge in [0.15, 0.2) is 30.9 Å². The molecular weight excluding hydrogens is 852 g/mol. The van der Waals surface area contributed by atoms with Crippen molar-refractivity contribution in [1.29, 1.82) is 0 Å². The lowest BCUT2D eigenvalue weighted by Gasteiger charge is -2.66. The first-order chi connectivity index (χ1) is 30.5. The molecule has 0 bridgehead atoms. The zero-order valence-electron chi connectivity index (χ0n) is 39.4. The lowest BCUT2D eigenvalue weighted by molar-refractivity contribution is -0.345. The predicted octanol–water partition coefficient (Wildman–Crippen LogP) is 1.66. The Morgan fingerprint density at radius 2 is 1.17 bits per heavy atom. The molecule has 18 heteroatoms. The molecule has 0 amide bonds. The minimum absolute atomic E-state index is 0.00917. The fourth-order valence-electron chi connectivity index (χ4n) is 13.5. The standard InChI is InChI=1S/C47H76O18/c1-22-39(52)31(56-8)19-37(58-22)65-42-25(4)61-38(20-32(42)57-9)64-41-24(3)60-36(18-30(41)50)63-40-23(2)59-35(17-29(40)49)62-28-11-12-43(6)27(16-28)10-13-46(54)33(43)21-34(51)44(7)45(53,26(5)48)14-15-47(44,46)55/h10,22-25,28-42,49-55H,11-21H2,1-9H3/t22-,23-,24-,25+,28+,29+,30+,31+,32-,33-,34-,35+,36+,37+,38+,39-,40-,41-,42+,43+,44-,45-,46+,47+/m1/s1. The van der Waals surface area contributed by atoms with Gasteiger partial charge in [0, 0.05) is 45.8 Å². The fraction of sp³-hybridized carbons (Fsp3) is 0.936. The molecule has 372 valence electrons. The number of aliphatic hydroxyl groups is 7. The fourth-order valence-corrected chi connectivity index (χ4v) is 13.5. The van der Waals surface area contributed by atoms with Gasteiger partial charge in [-0.3, -0.25) is 4.79 Å². The topological polar surface area (TPSA) is 251 Å². The average Bonchev–Trinajstić information content (AvgIpc) is 3.48. The highest BCUT2D eigenvalue weighted by molar-refractivity contribution is 5.87. The Bertz CT molecular complexity index is 1710. The van der Waals surface area contributed by atoms with Gasteiger partial charge < -0.3 is 83.1 Å². The van der Waals surface area contributed by atoms with E-state index in [0.717, 1.165) is 5.57 Å². The van der Waals surface area contributed by atoms with Gasteiger partial charge in [-0.25, -0.2) is 0 Å². The van der Waals surface area contributed by atoms with Crippen LogP contribution >= 0.6 is 0 Å². The van der Waals surface area contributed by atoms with E-state index in [-0.39, 0.29) is 44.6 Å².